The summed E-state index contributed by atoms with van der Waals surface area (Å²) in [5.41, 5.74) is 8.16. The van der Waals surface area contributed by atoms with Crippen molar-refractivity contribution in [2.24, 2.45) is 11.5 Å². The minimum Gasteiger partial charge on any atom is -0.444 e. The molecule has 4 fully saturated rings. The molecule has 125 heavy (non-hydrogen) atoms. The number of ether oxygens (including phenoxy) is 5. The van der Waals surface area contributed by atoms with Crippen LogP contribution in [0, 0.1) is 0 Å². The molecular weight excluding hydrogens is 1750 g/mol. The fourth-order valence-electron chi connectivity index (χ4n) is 14.1. The van der Waals surface area contributed by atoms with Gasteiger partial charge in [0.25, 0.3) is 0 Å². The van der Waals surface area contributed by atoms with E-state index in [4.69, 9.17) is 100 Å². The van der Waals surface area contributed by atoms with E-state index >= 15 is 0 Å². The molecule has 0 aliphatic heterocycles. The van der Waals surface area contributed by atoms with Crippen molar-refractivity contribution in [3.8, 4) is 0 Å². The van der Waals surface area contributed by atoms with E-state index in [0.29, 0.717) is 125 Å². The second-order valence-electron chi connectivity index (χ2n) is 35.0. The molecule has 0 radical (unpaired) electrons. The van der Waals surface area contributed by atoms with Gasteiger partial charge in [0.15, 0.2) is 23.1 Å². The van der Waals surface area contributed by atoms with Crippen molar-refractivity contribution in [2.45, 2.75) is 282 Å². The Morgan fingerprint density at radius 2 is 0.784 bits per heavy atom. The lowest BCUT2D eigenvalue weighted by Crippen LogP contribution is -2.58. The third-order valence-electron chi connectivity index (χ3n) is 19.3. The highest BCUT2D eigenvalue weighted by atomic mass is 35.5. The van der Waals surface area contributed by atoms with E-state index in [0.717, 1.165) is 12.0 Å². The molecule has 0 heterocycles. The lowest BCUT2D eigenvalue weighted by molar-refractivity contribution is -0.138. The van der Waals surface area contributed by atoms with E-state index in [2.05, 4.69) is 83.2 Å². The highest BCUT2D eigenvalue weighted by molar-refractivity contribution is 7.53. The van der Waals surface area contributed by atoms with E-state index in [-0.39, 0.29) is 18.8 Å². The molecule has 2 amide bonds. The minimum absolute atomic E-state index is 0.0847. The summed E-state index contributed by atoms with van der Waals surface area (Å²) in [5.74, 6) is -1.78. The Hall–Kier alpha value is -7.11. The molecule has 0 saturated heterocycles. The molecule has 4 saturated carbocycles. The van der Waals surface area contributed by atoms with E-state index in [1.165, 1.54) is 12.2 Å². The summed E-state index contributed by atoms with van der Waals surface area (Å²) in [6.45, 7) is 33.7. The van der Waals surface area contributed by atoms with Crippen LogP contribution >= 0.6 is 70.1 Å². The van der Waals surface area contributed by atoms with Crippen molar-refractivity contribution in [3.63, 3.8) is 0 Å². The van der Waals surface area contributed by atoms with E-state index in [1.54, 1.807) is 180 Å². The van der Waals surface area contributed by atoms with Gasteiger partial charge in [-0.1, -0.05) is 180 Å². The lowest BCUT2D eigenvalue weighted by Gasteiger charge is -2.41. The zero-order chi connectivity index (χ0) is 94.1. The molecule has 0 spiro atoms. The maximum atomic E-state index is 13.8. The van der Waals surface area contributed by atoms with Gasteiger partial charge in [-0.3, -0.25) is 37.5 Å². The Morgan fingerprint density at radius 3 is 1.16 bits per heavy atom. The largest absolute Gasteiger partial charge is 0.519 e. The quantitative estimate of drug-likeness (QED) is 0.0162. The van der Waals surface area contributed by atoms with Crippen molar-refractivity contribution in [2.75, 3.05) is 13.3 Å². The van der Waals surface area contributed by atoms with Crippen LogP contribution in [0.1, 0.15) is 221 Å². The van der Waals surface area contributed by atoms with Crippen LogP contribution in [0.2, 0.25) is 20.1 Å². The number of nitrogens with zero attached hydrogens (tertiary/aromatic N) is 1. The third-order valence-corrected chi connectivity index (χ3v) is 24.5. The van der Waals surface area contributed by atoms with Gasteiger partial charge in [0.1, 0.15) is 77.3 Å². The number of benzene rings is 6. The van der Waals surface area contributed by atoms with Crippen LogP contribution in [-0.2, 0) is 105 Å². The molecule has 10 N–H and O–H groups in total. The molecule has 6 aromatic rings. The maximum Gasteiger partial charge on any atom is 0.519 e. The summed E-state index contributed by atoms with van der Waals surface area (Å²) in [7, 11) is -8.84. The standard InChI is InChI=1S/C25H31ClNO6P.C17H22ClNO4.C14H24NOP.C12H15ClNO5P.C12H14ClNO2.C10H18O5/c1-24(2,3)32-23(29)27-25(19-13-8-9-14-20(19)26)16-10-15-21(22(25)28)33-34(4,30)31-17-18-11-6-5-7-12-18;1-16(2,3)23-15(22)19-17(10-6-9-13(20)14(17)21)11-7-4-5-8-12(11)18;1-12(2)15(13(3)4)17(5)16-11-14-9-7-6-8-10-14;13-9-5-2-1-4-8(9)12(14)7-3-6-10(11(12)15)19-20(16,17)18;13-9-5-2-1-4-8(9)12(14)7-3-6-10(15)11(12)16;1-9(2,3)14-7(11)13-8(12)15-10(4,5)6/h5-9,11-14,21H,10,15-17H2,1-4H3,(H,27,29);4-5,7-8,13,20H,6,9-10H2,1-3H3,(H,19,22);6-10,12-13H,11H2,1-5H3;1-2,4-5,10H,3,6-7,14H2,(H2,16,17,18);1-2,4-5,10,15H,3,6-7,14H2;1-6H3/t21-,25-,34?;13-,17-;;2*10-,12-;/m11.11./s1. The van der Waals surface area contributed by atoms with Gasteiger partial charge in [-0.25, -0.2) is 23.7 Å². The van der Waals surface area contributed by atoms with Gasteiger partial charge in [-0.05, 0) is 241 Å². The van der Waals surface area contributed by atoms with Crippen molar-refractivity contribution < 1.29 is 109 Å². The van der Waals surface area contributed by atoms with Crippen molar-refractivity contribution in [1.29, 1.82) is 0 Å². The number of nitrogens with one attached hydrogen (secondary N) is 2. The molecule has 35 heteroatoms. The van der Waals surface area contributed by atoms with Gasteiger partial charge in [0.05, 0.1) is 13.2 Å². The Balaban J connectivity index is 0.000000273. The highest BCUT2D eigenvalue weighted by Gasteiger charge is 2.53. The highest BCUT2D eigenvalue weighted by Crippen LogP contribution is 2.51. The van der Waals surface area contributed by atoms with Crippen molar-refractivity contribution in [1.82, 2.24) is 15.3 Å². The number of carbonyl (C=O) groups excluding carboxylic acids is 8. The molecule has 28 nitrogen and oxygen atoms in total. The number of ketones is 4. The zero-order valence-corrected chi connectivity index (χ0v) is 80.1. The first kappa shape index (κ1) is 108. The molecule has 0 bridgehead atoms. The van der Waals surface area contributed by atoms with Gasteiger partial charge in [-0.2, -0.15) is 0 Å². The van der Waals surface area contributed by atoms with Crippen LogP contribution in [0.25, 0.3) is 0 Å². The number of carbonyl (C=O) groups is 8. The molecule has 0 aromatic heterocycles. The number of aliphatic hydroxyl groups is 2. The molecule has 4 aliphatic rings. The van der Waals surface area contributed by atoms with Crippen molar-refractivity contribution >= 4 is 118 Å². The maximum absolute atomic E-state index is 13.8. The fraction of sp³-hybridized carbons (Fsp3) is 0.511. The number of alkyl carbamates (subject to hydrolysis) is 2. The third kappa shape index (κ3) is 34.4. The van der Waals surface area contributed by atoms with Crippen LogP contribution in [-0.4, -0.2) is 145 Å². The minimum atomic E-state index is -4.74. The fourth-order valence-corrected chi connectivity index (χ4v) is 18.8. The molecule has 4 aliphatic carbocycles. The molecular formula is C90H124Cl4N5O23P3. The van der Waals surface area contributed by atoms with Gasteiger partial charge in [0, 0.05) is 50.0 Å². The van der Waals surface area contributed by atoms with Crippen LogP contribution in [0.4, 0.5) is 19.2 Å². The lowest BCUT2D eigenvalue weighted by atomic mass is 9.74. The number of amides is 2. The van der Waals surface area contributed by atoms with Crippen LogP contribution in [0.15, 0.2) is 158 Å². The summed E-state index contributed by atoms with van der Waals surface area (Å²) in [6.07, 6.45) is -2.58. The number of phosphoric acid groups is 1. The molecule has 690 valence electrons. The van der Waals surface area contributed by atoms with Crippen LogP contribution in [0.5, 0.6) is 0 Å². The van der Waals surface area contributed by atoms with Crippen LogP contribution in [0.3, 0.4) is 0 Å². The smallest absolute Gasteiger partial charge is 0.444 e. The van der Waals surface area contributed by atoms with E-state index in [9.17, 15) is 57.7 Å². The average molecular weight is 1880 g/mol. The van der Waals surface area contributed by atoms with Crippen LogP contribution < -0.4 is 22.1 Å². The first-order valence-corrected chi connectivity index (χ1v) is 47.7. The second-order valence-corrected chi connectivity index (χ2v) is 41.5. The molecule has 10 rings (SSSR count). The summed E-state index contributed by atoms with van der Waals surface area (Å²) in [5, 5.41) is 26.6. The Morgan fingerprint density at radius 1 is 0.464 bits per heavy atom. The van der Waals surface area contributed by atoms with Gasteiger partial charge >= 0.3 is 39.9 Å². The Kier molecular flexibility index (Phi) is 41.2. The number of hydrogen-bond donors (Lipinski definition) is 8. The molecule has 6 aromatic carbocycles. The summed E-state index contributed by atoms with van der Waals surface area (Å²) in [4.78, 5) is 116. The summed E-state index contributed by atoms with van der Waals surface area (Å²) in [6, 6.07) is 48.1. The normalized spacial score (nSPS) is 22.4. The zero-order valence-electron chi connectivity index (χ0n) is 74.4. The number of halogens is 4. The number of nitrogens with two attached hydrogens (primary N) is 2. The van der Waals surface area contributed by atoms with Crippen molar-refractivity contribution in [3.05, 3.63) is 211 Å². The first-order chi connectivity index (χ1) is 57.9. The van der Waals surface area contributed by atoms with E-state index < -0.39 is 135 Å². The number of rotatable bonds is 19. The number of phosphoric ester groups is 1. The SMILES string of the molecule is CC(C)(C)OC(=O)N[C@@]1(c2ccccc2Cl)CCC[C@@H](O)C1=O.CC(C)(C)OC(=O)N[C@@]1(c2ccccc2Cl)CCC[C@@H](OP(C)(=O)OCc2ccccc2)C1=O.CC(C)(C)OC(=O)OC(=O)OC(C)(C)C.CC(C)N(C(C)C)P(C)OCc1ccccc1.N[C@@]1(c2ccccc2Cl)CCC[C@@H](O)C1=O.N[C@@]1(c2ccccc2Cl)CCC[C@@H](OP(=O)(O)O)C1=O. The topological polar surface area (TPSA) is 414 Å². The predicted molar refractivity (Wildman–Crippen MR) is 483 cm³/mol. The predicted octanol–water partition coefficient (Wildman–Crippen LogP) is 19.9. The van der Waals surface area contributed by atoms with E-state index in [1.807, 2.05) is 36.4 Å². The summed E-state index contributed by atoms with van der Waals surface area (Å²) < 4.78 is 72.8. The monoisotopic (exact) mass is 1880 g/mol. The van der Waals surface area contributed by atoms with Gasteiger partial charge < -0.3 is 74.8 Å². The first-order valence-electron chi connectivity index (χ1n) is 41.0. The second kappa shape index (κ2) is 47.5. The number of aliphatic hydroxyl groups excluding tert-OH is 2. The Bertz CT molecular complexity index is 4650. The number of hydrogen-bond acceptors (Lipinski definition) is 24. The molecule has 2 unspecified atom stereocenters. The molecule has 10 atom stereocenters. The summed E-state index contributed by atoms with van der Waals surface area (Å²) >= 11 is 24.8. The van der Waals surface area contributed by atoms with Gasteiger partial charge in [-0.15, -0.1) is 0 Å². The average Bonchev–Trinajstić information content (AvgIpc) is 0.781. The Labute approximate surface area is 755 Å². The number of Topliss-reactive ketones (excluding diaryl/α,β-unsaturated/α-hetero) is 4. The van der Waals surface area contributed by atoms with Gasteiger partial charge in [0.2, 0.25) is 0 Å².